The number of carbonyl (C=O) groups excluding carboxylic acids is 1. The Kier molecular flexibility index (Phi) is 9.96. The summed E-state index contributed by atoms with van der Waals surface area (Å²) in [6, 6.07) is 6.28. The number of nitrogens with zero attached hydrogens (tertiary/aromatic N) is 3. The zero-order valence-corrected chi connectivity index (χ0v) is 20.5. The molecule has 1 saturated carbocycles. The smallest absolute Gasteiger partial charge is 0.242 e. The van der Waals surface area contributed by atoms with E-state index in [1.807, 2.05) is 25.1 Å². The van der Waals surface area contributed by atoms with Crippen molar-refractivity contribution in [2.45, 2.75) is 32.4 Å². The molecule has 1 heterocycles. The number of amides is 1. The highest BCUT2D eigenvalue weighted by Crippen LogP contribution is 2.25. The number of benzene rings is 1. The van der Waals surface area contributed by atoms with Gasteiger partial charge in [-0.3, -0.25) is 9.69 Å². The molecule has 1 amide bonds. The van der Waals surface area contributed by atoms with Gasteiger partial charge in [-0.15, -0.1) is 24.0 Å². The van der Waals surface area contributed by atoms with E-state index < -0.39 is 0 Å². The van der Waals surface area contributed by atoms with Crippen molar-refractivity contribution in [3.63, 3.8) is 0 Å². The highest BCUT2D eigenvalue weighted by Gasteiger charge is 2.24. The standard InChI is InChI=1S/C21H33N5O3.HI/c1-4-22-21(23-14-20(27)24-17-5-6-17)26-11-9-25(10-12-26)15-16-13-18(28-2)7-8-19(16)29-3;/h7-8,13,17H,4-6,9-12,14-15H2,1-3H3,(H,22,23)(H,24,27);1H. The summed E-state index contributed by atoms with van der Waals surface area (Å²) >= 11 is 0. The van der Waals surface area contributed by atoms with Crippen LogP contribution in [0.25, 0.3) is 0 Å². The lowest BCUT2D eigenvalue weighted by molar-refractivity contribution is -0.119. The summed E-state index contributed by atoms with van der Waals surface area (Å²) in [6.07, 6.45) is 2.19. The number of carbonyl (C=O) groups is 1. The predicted octanol–water partition coefficient (Wildman–Crippen LogP) is 1.68. The first kappa shape index (κ1) is 24.5. The minimum absolute atomic E-state index is 0. The second-order valence-corrected chi connectivity index (χ2v) is 7.45. The number of hydrogen-bond acceptors (Lipinski definition) is 5. The average Bonchev–Trinajstić information content (AvgIpc) is 3.55. The second kappa shape index (κ2) is 12.2. The monoisotopic (exact) mass is 531 g/mol. The van der Waals surface area contributed by atoms with Crippen molar-refractivity contribution >= 4 is 35.8 Å². The van der Waals surface area contributed by atoms with Crippen LogP contribution in [-0.2, 0) is 11.3 Å². The minimum Gasteiger partial charge on any atom is -0.497 e. The maximum absolute atomic E-state index is 12.0. The number of piperazine rings is 1. The van der Waals surface area contributed by atoms with Crippen molar-refractivity contribution in [2.75, 3.05) is 53.5 Å². The molecule has 9 heteroatoms. The van der Waals surface area contributed by atoms with Crippen molar-refractivity contribution in [1.29, 1.82) is 0 Å². The van der Waals surface area contributed by atoms with Crippen molar-refractivity contribution < 1.29 is 14.3 Å². The molecule has 1 aliphatic heterocycles. The number of guanidine groups is 1. The van der Waals surface area contributed by atoms with Crippen LogP contribution in [0.4, 0.5) is 0 Å². The first-order valence-electron chi connectivity index (χ1n) is 10.4. The molecule has 30 heavy (non-hydrogen) atoms. The van der Waals surface area contributed by atoms with Crippen molar-refractivity contribution in [3.05, 3.63) is 23.8 Å². The molecule has 1 saturated heterocycles. The van der Waals surface area contributed by atoms with Crippen LogP contribution in [0.2, 0.25) is 0 Å². The Bertz CT molecular complexity index is 719. The molecule has 0 atom stereocenters. The molecular weight excluding hydrogens is 497 g/mol. The van der Waals surface area contributed by atoms with E-state index in [-0.39, 0.29) is 36.4 Å². The molecule has 0 spiro atoms. The van der Waals surface area contributed by atoms with Gasteiger partial charge in [0.25, 0.3) is 0 Å². The van der Waals surface area contributed by atoms with Gasteiger partial charge in [-0.1, -0.05) is 0 Å². The fraction of sp³-hybridized carbons (Fsp3) is 0.619. The van der Waals surface area contributed by atoms with Gasteiger partial charge in [0.15, 0.2) is 5.96 Å². The third-order valence-electron chi connectivity index (χ3n) is 5.20. The molecule has 0 radical (unpaired) electrons. The van der Waals surface area contributed by atoms with Gasteiger partial charge in [0, 0.05) is 50.9 Å². The number of rotatable bonds is 8. The third-order valence-corrected chi connectivity index (χ3v) is 5.20. The summed E-state index contributed by atoms with van der Waals surface area (Å²) in [5.74, 6) is 2.54. The Morgan fingerprint density at radius 2 is 1.90 bits per heavy atom. The third kappa shape index (κ3) is 7.19. The van der Waals surface area contributed by atoms with Crippen molar-refractivity contribution in [3.8, 4) is 11.5 Å². The maximum Gasteiger partial charge on any atom is 0.242 e. The van der Waals surface area contributed by atoms with Gasteiger partial charge >= 0.3 is 0 Å². The number of nitrogens with one attached hydrogen (secondary N) is 2. The summed E-state index contributed by atoms with van der Waals surface area (Å²) in [4.78, 5) is 21.1. The number of halogens is 1. The first-order valence-corrected chi connectivity index (χ1v) is 10.4. The van der Waals surface area contributed by atoms with Gasteiger partial charge in [0.2, 0.25) is 5.91 Å². The summed E-state index contributed by atoms with van der Waals surface area (Å²) in [6.45, 7) is 7.38. The average molecular weight is 531 g/mol. The van der Waals surface area contributed by atoms with Gasteiger partial charge in [-0.2, -0.15) is 0 Å². The second-order valence-electron chi connectivity index (χ2n) is 7.45. The molecule has 8 nitrogen and oxygen atoms in total. The summed E-state index contributed by atoms with van der Waals surface area (Å²) in [7, 11) is 3.37. The van der Waals surface area contributed by atoms with Crippen LogP contribution in [-0.4, -0.2) is 81.2 Å². The molecule has 3 rings (SSSR count). The lowest BCUT2D eigenvalue weighted by Gasteiger charge is -2.36. The predicted molar refractivity (Wildman–Crippen MR) is 129 cm³/mol. The Morgan fingerprint density at radius 3 is 2.50 bits per heavy atom. The van der Waals surface area contributed by atoms with Gasteiger partial charge in [-0.05, 0) is 38.0 Å². The van der Waals surface area contributed by atoms with Crippen LogP contribution in [0.1, 0.15) is 25.3 Å². The zero-order valence-electron chi connectivity index (χ0n) is 18.1. The van der Waals surface area contributed by atoms with Crippen LogP contribution >= 0.6 is 24.0 Å². The molecule has 0 aromatic heterocycles. The molecular formula is C21H34IN5O3. The Balaban J connectivity index is 0.00000320. The molecule has 0 unspecified atom stereocenters. The summed E-state index contributed by atoms with van der Waals surface area (Å²) < 4.78 is 10.9. The molecule has 0 bridgehead atoms. The van der Waals surface area contributed by atoms with Crippen molar-refractivity contribution in [1.82, 2.24) is 20.4 Å². The summed E-state index contributed by atoms with van der Waals surface area (Å²) in [5, 5.41) is 6.30. The van der Waals surface area contributed by atoms with Gasteiger partial charge in [0.1, 0.15) is 18.0 Å². The zero-order chi connectivity index (χ0) is 20.6. The normalized spacial score (nSPS) is 17.2. The van der Waals surface area contributed by atoms with Gasteiger partial charge in [0.05, 0.1) is 14.2 Å². The highest BCUT2D eigenvalue weighted by molar-refractivity contribution is 14.0. The SMILES string of the molecule is CCNC(=NCC(=O)NC1CC1)N1CCN(Cc2cc(OC)ccc2OC)CC1.I. The van der Waals surface area contributed by atoms with Crippen LogP contribution in [0.3, 0.4) is 0 Å². The minimum atomic E-state index is 0. The molecule has 1 aromatic rings. The van der Waals surface area contributed by atoms with Crippen LogP contribution < -0.4 is 20.1 Å². The number of aliphatic imine (C=N–C) groups is 1. The van der Waals surface area contributed by atoms with Crippen LogP contribution in [0.5, 0.6) is 11.5 Å². The lowest BCUT2D eigenvalue weighted by Crippen LogP contribution is -2.52. The quantitative estimate of drug-likeness (QED) is 0.302. The number of ether oxygens (including phenoxy) is 2. The molecule has 1 aliphatic carbocycles. The molecule has 2 aliphatic rings. The number of methoxy groups -OCH3 is 2. The van der Waals surface area contributed by atoms with Crippen molar-refractivity contribution in [2.24, 2.45) is 4.99 Å². The Morgan fingerprint density at radius 1 is 1.17 bits per heavy atom. The van der Waals surface area contributed by atoms with Gasteiger partial charge in [-0.25, -0.2) is 4.99 Å². The largest absolute Gasteiger partial charge is 0.497 e. The van der Waals surface area contributed by atoms with E-state index in [9.17, 15) is 4.79 Å². The molecule has 1 aromatic carbocycles. The van der Waals surface area contributed by atoms with Crippen LogP contribution in [0.15, 0.2) is 23.2 Å². The fourth-order valence-electron chi connectivity index (χ4n) is 3.44. The molecule has 168 valence electrons. The van der Waals surface area contributed by atoms with E-state index in [1.54, 1.807) is 14.2 Å². The summed E-state index contributed by atoms with van der Waals surface area (Å²) in [5.41, 5.74) is 1.12. The highest BCUT2D eigenvalue weighted by atomic mass is 127. The molecule has 2 N–H and O–H groups in total. The topological polar surface area (TPSA) is 78.4 Å². The van der Waals surface area contributed by atoms with Gasteiger partial charge < -0.3 is 25.0 Å². The molecule has 2 fully saturated rings. The fourth-order valence-corrected chi connectivity index (χ4v) is 3.44. The van der Waals surface area contributed by atoms with E-state index in [0.29, 0.717) is 6.04 Å². The Labute approximate surface area is 196 Å². The first-order chi connectivity index (χ1) is 14.1. The van der Waals surface area contributed by atoms with Crippen LogP contribution in [0, 0.1) is 0 Å². The van der Waals surface area contributed by atoms with E-state index in [1.165, 1.54) is 0 Å². The van der Waals surface area contributed by atoms with E-state index in [0.717, 1.165) is 75.1 Å². The maximum atomic E-state index is 12.0. The van der Waals surface area contributed by atoms with E-state index in [4.69, 9.17) is 9.47 Å². The lowest BCUT2D eigenvalue weighted by atomic mass is 10.1. The van der Waals surface area contributed by atoms with E-state index >= 15 is 0 Å². The van der Waals surface area contributed by atoms with E-state index in [2.05, 4.69) is 25.4 Å². The number of hydrogen-bond donors (Lipinski definition) is 2. The Hall–Kier alpha value is -1.75.